The van der Waals surface area contributed by atoms with E-state index in [0.717, 1.165) is 31.6 Å². The Morgan fingerprint density at radius 3 is 2.55 bits per heavy atom. The van der Waals surface area contributed by atoms with Crippen LogP contribution in [0.5, 0.6) is 0 Å². The fourth-order valence-electron chi connectivity index (χ4n) is 3.00. The molecular weight excluding hydrogens is 268 g/mol. The van der Waals surface area contributed by atoms with Gasteiger partial charge in [0.15, 0.2) is 0 Å². The number of carbonyl (C=O) groups is 1. The van der Waals surface area contributed by atoms with Crippen LogP contribution in [0.15, 0.2) is 29.2 Å². The molecule has 1 fully saturated rings. The molecule has 1 atom stereocenters. The van der Waals surface area contributed by atoms with Gasteiger partial charge in [-0.3, -0.25) is 4.79 Å². The van der Waals surface area contributed by atoms with Crippen molar-refractivity contribution in [2.75, 3.05) is 40.0 Å². The molecule has 0 saturated carbocycles. The molecule has 1 aliphatic rings. The molecule has 110 valence electrons. The van der Waals surface area contributed by atoms with Crippen molar-refractivity contribution < 1.29 is 4.79 Å². The number of rotatable bonds is 4. The highest BCUT2D eigenvalue weighted by molar-refractivity contribution is 7.98. The number of hydrogen-bond donors (Lipinski definition) is 0. The van der Waals surface area contributed by atoms with Crippen molar-refractivity contribution in [2.24, 2.45) is 5.41 Å². The Hall–Kier alpha value is -1.00. The van der Waals surface area contributed by atoms with Crippen LogP contribution >= 0.6 is 11.8 Å². The number of hydrogen-bond acceptors (Lipinski definition) is 3. The minimum atomic E-state index is 0.119. The summed E-state index contributed by atoms with van der Waals surface area (Å²) in [6.07, 6.45) is 3.20. The van der Waals surface area contributed by atoms with Gasteiger partial charge in [-0.15, -0.1) is 11.8 Å². The standard InChI is InChI=1S/C16H24N2OS/c1-16(9-10-17(2)11-16)12-18(3)15(19)13-5-7-14(20-4)8-6-13/h5-8H,9-12H2,1-4H3/t16-/m0/s1. The number of nitrogens with zero attached hydrogens (tertiary/aromatic N) is 2. The minimum Gasteiger partial charge on any atom is -0.341 e. The van der Waals surface area contributed by atoms with Gasteiger partial charge in [0.05, 0.1) is 0 Å². The molecule has 0 bridgehead atoms. The Morgan fingerprint density at radius 1 is 1.40 bits per heavy atom. The summed E-state index contributed by atoms with van der Waals surface area (Å²) in [6.45, 7) is 5.29. The summed E-state index contributed by atoms with van der Waals surface area (Å²) < 4.78 is 0. The van der Waals surface area contributed by atoms with E-state index in [2.05, 4.69) is 18.9 Å². The first-order chi connectivity index (χ1) is 9.43. The minimum absolute atomic E-state index is 0.119. The lowest BCUT2D eigenvalue weighted by Gasteiger charge is -2.30. The topological polar surface area (TPSA) is 23.6 Å². The lowest BCUT2D eigenvalue weighted by Crippen LogP contribution is -2.38. The third kappa shape index (κ3) is 3.55. The lowest BCUT2D eigenvalue weighted by atomic mass is 9.89. The summed E-state index contributed by atoms with van der Waals surface area (Å²) in [5.41, 5.74) is 0.999. The Bertz CT molecular complexity index is 474. The van der Waals surface area contributed by atoms with Crippen LogP contribution in [-0.2, 0) is 0 Å². The Labute approximate surface area is 126 Å². The van der Waals surface area contributed by atoms with Gasteiger partial charge in [0.2, 0.25) is 0 Å². The van der Waals surface area contributed by atoms with Gasteiger partial charge in [0.1, 0.15) is 0 Å². The maximum atomic E-state index is 12.5. The van der Waals surface area contributed by atoms with Gasteiger partial charge in [-0.2, -0.15) is 0 Å². The molecule has 0 aromatic heterocycles. The SMILES string of the molecule is CSc1ccc(C(=O)N(C)C[C@@]2(C)CCN(C)C2)cc1. The fraction of sp³-hybridized carbons (Fsp3) is 0.562. The summed E-state index contributed by atoms with van der Waals surface area (Å²) in [5, 5.41) is 0. The Morgan fingerprint density at radius 2 is 2.05 bits per heavy atom. The van der Waals surface area contributed by atoms with Crippen molar-refractivity contribution in [1.82, 2.24) is 9.80 Å². The van der Waals surface area contributed by atoms with Crippen LogP contribution in [-0.4, -0.2) is 55.7 Å². The summed E-state index contributed by atoms with van der Waals surface area (Å²) in [7, 11) is 4.06. The normalized spacial score (nSPS) is 23.0. The molecular formula is C16H24N2OS. The van der Waals surface area contributed by atoms with E-state index in [-0.39, 0.29) is 11.3 Å². The number of amides is 1. The number of carbonyl (C=O) groups excluding carboxylic acids is 1. The molecule has 0 N–H and O–H groups in total. The fourth-order valence-corrected chi connectivity index (χ4v) is 3.41. The van der Waals surface area contributed by atoms with Crippen LogP contribution in [0.4, 0.5) is 0 Å². The van der Waals surface area contributed by atoms with Crippen LogP contribution < -0.4 is 0 Å². The average molecular weight is 292 g/mol. The summed E-state index contributed by atoms with van der Waals surface area (Å²) >= 11 is 1.69. The van der Waals surface area contributed by atoms with Crippen LogP contribution in [0.25, 0.3) is 0 Å². The molecule has 0 radical (unpaired) electrons. The zero-order chi connectivity index (χ0) is 14.8. The van der Waals surface area contributed by atoms with Gasteiger partial charge < -0.3 is 9.80 Å². The van der Waals surface area contributed by atoms with E-state index in [9.17, 15) is 4.79 Å². The molecule has 0 aliphatic carbocycles. The molecule has 20 heavy (non-hydrogen) atoms. The molecule has 2 rings (SSSR count). The molecule has 1 saturated heterocycles. The van der Waals surface area contributed by atoms with E-state index in [0.29, 0.717) is 0 Å². The molecule has 1 aromatic carbocycles. The van der Waals surface area contributed by atoms with E-state index in [4.69, 9.17) is 0 Å². The van der Waals surface area contributed by atoms with Gasteiger partial charge in [0.25, 0.3) is 5.91 Å². The summed E-state index contributed by atoms with van der Waals surface area (Å²) in [6, 6.07) is 7.87. The van der Waals surface area contributed by atoms with Crippen molar-refractivity contribution in [3.05, 3.63) is 29.8 Å². The Balaban J connectivity index is 2.01. The number of likely N-dealkylation sites (tertiary alicyclic amines) is 1. The van der Waals surface area contributed by atoms with Crippen molar-refractivity contribution in [1.29, 1.82) is 0 Å². The summed E-state index contributed by atoms with van der Waals surface area (Å²) in [4.78, 5) is 17.9. The monoisotopic (exact) mass is 292 g/mol. The molecule has 1 amide bonds. The van der Waals surface area contributed by atoms with E-state index in [1.165, 1.54) is 4.90 Å². The van der Waals surface area contributed by atoms with Crippen LogP contribution in [0.3, 0.4) is 0 Å². The third-order valence-corrected chi connectivity index (χ3v) is 4.79. The molecule has 0 spiro atoms. The van der Waals surface area contributed by atoms with Gasteiger partial charge in [-0.1, -0.05) is 6.92 Å². The maximum Gasteiger partial charge on any atom is 0.253 e. The highest BCUT2D eigenvalue weighted by atomic mass is 32.2. The number of thioether (sulfide) groups is 1. The molecule has 4 heteroatoms. The predicted octanol–water partition coefficient (Wildman–Crippen LogP) is 2.82. The predicted molar refractivity (Wildman–Crippen MR) is 85.4 cm³/mol. The quantitative estimate of drug-likeness (QED) is 0.797. The van der Waals surface area contributed by atoms with Crippen molar-refractivity contribution in [3.63, 3.8) is 0 Å². The van der Waals surface area contributed by atoms with Crippen molar-refractivity contribution in [2.45, 2.75) is 18.2 Å². The lowest BCUT2D eigenvalue weighted by molar-refractivity contribution is 0.0730. The first kappa shape index (κ1) is 15.4. The first-order valence-electron chi connectivity index (χ1n) is 7.02. The average Bonchev–Trinajstić information content (AvgIpc) is 2.77. The van der Waals surface area contributed by atoms with Crippen molar-refractivity contribution in [3.8, 4) is 0 Å². The first-order valence-corrected chi connectivity index (χ1v) is 8.24. The van der Waals surface area contributed by atoms with Gasteiger partial charge in [-0.05, 0) is 55.9 Å². The molecule has 1 heterocycles. The second-order valence-corrected chi connectivity index (χ2v) is 7.07. The van der Waals surface area contributed by atoms with Gasteiger partial charge in [0, 0.05) is 30.6 Å². The van der Waals surface area contributed by atoms with Crippen LogP contribution in [0.1, 0.15) is 23.7 Å². The van der Waals surface area contributed by atoms with Gasteiger partial charge in [-0.25, -0.2) is 0 Å². The zero-order valence-corrected chi connectivity index (χ0v) is 13.7. The third-order valence-electron chi connectivity index (χ3n) is 4.05. The van der Waals surface area contributed by atoms with Crippen LogP contribution in [0.2, 0.25) is 0 Å². The van der Waals surface area contributed by atoms with E-state index in [1.807, 2.05) is 42.5 Å². The molecule has 0 unspecified atom stereocenters. The van der Waals surface area contributed by atoms with Crippen LogP contribution in [0, 0.1) is 5.41 Å². The summed E-state index contributed by atoms with van der Waals surface area (Å²) in [5.74, 6) is 0.119. The van der Waals surface area contributed by atoms with Crippen molar-refractivity contribution >= 4 is 17.7 Å². The largest absolute Gasteiger partial charge is 0.341 e. The van der Waals surface area contributed by atoms with E-state index in [1.54, 1.807) is 11.8 Å². The second-order valence-electron chi connectivity index (χ2n) is 6.19. The molecule has 1 aromatic rings. The zero-order valence-electron chi connectivity index (χ0n) is 12.8. The number of benzene rings is 1. The Kier molecular flexibility index (Phi) is 4.76. The second kappa shape index (κ2) is 6.19. The highest BCUT2D eigenvalue weighted by Crippen LogP contribution is 2.30. The van der Waals surface area contributed by atoms with E-state index >= 15 is 0 Å². The van der Waals surface area contributed by atoms with E-state index < -0.39 is 0 Å². The maximum absolute atomic E-state index is 12.5. The van der Waals surface area contributed by atoms with Gasteiger partial charge >= 0.3 is 0 Å². The highest BCUT2D eigenvalue weighted by Gasteiger charge is 2.34. The smallest absolute Gasteiger partial charge is 0.253 e. The molecule has 1 aliphatic heterocycles. The molecule has 3 nitrogen and oxygen atoms in total.